The molecule has 2 aliphatic heterocycles. The lowest BCUT2D eigenvalue weighted by molar-refractivity contribution is 0.533. The van der Waals surface area contributed by atoms with Crippen LogP contribution in [0.5, 0.6) is 0 Å². The highest BCUT2D eigenvalue weighted by Crippen LogP contribution is 2.32. The van der Waals surface area contributed by atoms with Gasteiger partial charge >= 0.3 is 0 Å². The van der Waals surface area contributed by atoms with Crippen LogP contribution in [-0.2, 0) is 25.7 Å². The standard InChI is InChI=1S/C52H72N10S2/c1-33(2)13-9-15-35(5)29-39-43-19-23-47(57-43)41(31-37(7)17-11-27-55-61-51(53)63)49-25-21-45(59-49)40(30-36(6)16-10-14-34(3)4)46-22-26-50(60-46)42(48-24-20-44(39)58-48)32-38(8)18-12-28-56-62-52(54)64/h13-14,19-28,35-38,57-58H,9-12,15-18,29-32H2,1-8H3,(H3,53,61,63)(H3,54,62,64)/b43-39?,44-39?,45-40?,46-40?,47-41?,48-42?,49-41?,50-42?,55-27+,56-28+/t35-,36-,37-,38-/m1/s1. The number of allylic oxidation sites excluding steroid dienone is 4. The third-order valence-electron chi connectivity index (χ3n) is 11.9. The van der Waals surface area contributed by atoms with Crippen molar-refractivity contribution in [2.75, 3.05) is 0 Å². The van der Waals surface area contributed by atoms with Gasteiger partial charge in [-0.25, -0.2) is 9.97 Å². The molecular formula is C52H72N10S2. The molecular weight excluding hydrogens is 829 g/mol. The molecule has 342 valence electrons. The van der Waals surface area contributed by atoms with Gasteiger partial charge in [0.25, 0.3) is 0 Å². The van der Waals surface area contributed by atoms with E-state index in [1.165, 1.54) is 33.4 Å². The Morgan fingerprint density at radius 1 is 0.531 bits per heavy atom. The van der Waals surface area contributed by atoms with Crippen LogP contribution in [-0.4, -0.2) is 42.6 Å². The number of nitrogens with one attached hydrogen (secondary N) is 4. The maximum atomic E-state index is 5.58. The first-order valence-corrected chi connectivity index (χ1v) is 24.0. The highest BCUT2D eigenvalue weighted by atomic mass is 32.1. The van der Waals surface area contributed by atoms with Gasteiger partial charge in [0.05, 0.1) is 22.8 Å². The zero-order valence-corrected chi connectivity index (χ0v) is 41.1. The molecule has 4 atom stereocenters. The third kappa shape index (κ3) is 15.5. The average Bonchev–Trinajstić information content (AvgIpc) is 4.07. The summed E-state index contributed by atoms with van der Waals surface area (Å²) >= 11 is 9.85. The molecule has 3 aromatic rings. The summed E-state index contributed by atoms with van der Waals surface area (Å²) in [4.78, 5) is 18.9. The highest BCUT2D eigenvalue weighted by Gasteiger charge is 2.20. The highest BCUT2D eigenvalue weighted by molar-refractivity contribution is 7.80. The molecule has 64 heavy (non-hydrogen) atoms. The number of rotatable bonds is 22. The number of thiocarbonyl (C=S) groups is 2. The van der Waals surface area contributed by atoms with E-state index in [0.29, 0.717) is 23.7 Å². The van der Waals surface area contributed by atoms with Crippen molar-refractivity contribution in [2.24, 2.45) is 45.3 Å². The Kier molecular flexibility index (Phi) is 19.3. The molecule has 2 aliphatic rings. The number of nitrogens with two attached hydrogens (primary N) is 2. The number of aromatic amines is 2. The van der Waals surface area contributed by atoms with Crippen LogP contribution >= 0.6 is 24.4 Å². The predicted molar refractivity (Wildman–Crippen MR) is 283 cm³/mol. The van der Waals surface area contributed by atoms with E-state index in [-0.39, 0.29) is 10.2 Å². The van der Waals surface area contributed by atoms with Crippen LogP contribution in [0.3, 0.4) is 0 Å². The summed E-state index contributed by atoms with van der Waals surface area (Å²) in [5.74, 6) is 1.62. The van der Waals surface area contributed by atoms with Gasteiger partial charge in [0.15, 0.2) is 10.2 Å². The van der Waals surface area contributed by atoms with Gasteiger partial charge in [-0.1, -0.05) is 51.0 Å². The van der Waals surface area contributed by atoms with Crippen LogP contribution in [0.1, 0.15) is 152 Å². The van der Waals surface area contributed by atoms with Crippen LogP contribution in [0.25, 0.3) is 46.4 Å². The molecule has 0 spiro atoms. The van der Waals surface area contributed by atoms with E-state index in [0.717, 1.165) is 122 Å². The van der Waals surface area contributed by atoms with Crippen LogP contribution in [0.15, 0.2) is 57.8 Å². The minimum atomic E-state index is 0.168. The van der Waals surface area contributed by atoms with Crippen molar-refractivity contribution in [3.05, 3.63) is 92.6 Å². The van der Waals surface area contributed by atoms with Crippen molar-refractivity contribution in [3.63, 3.8) is 0 Å². The van der Waals surface area contributed by atoms with Crippen molar-refractivity contribution < 1.29 is 0 Å². The van der Waals surface area contributed by atoms with Crippen LogP contribution in [0, 0.1) is 23.7 Å². The van der Waals surface area contributed by atoms with Crippen molar-refractivity contribution in [2.45, 2.75) is 132 Å². The average molecular weight is 901 g/mol. The van der Waals surface area contributed by atoms with Gasteiger partial charge in [-0.3, -0.25) is 10.9 Å². The molecule has 12 heteroatoms. The summed E-state index contributed by atoms with van der Waals surface area (Å²) in [5, 5.41) is 8.70. The molecule has 0 saturated carbocycles. The quantitative estimate of drug-likeness (QED) is 0.0173. The second-order valence-corrected chi connectivity index (χ2v) is 19.5. The van der Waals surface area contributed by atoms with Gasteiger partial charge in [-0.15, -0.1) is 0 Å². The smallest absolute Gasteiger partial charge is 0.184 e. The van der Waals surface area contributed by atoms with E-state index in [1.807, 2.05) is 12.4 Å². The fourth-order valence-corrected chi connectivity index (χ4v) is 8.59. The van der Waals surface area contributed by atoms with Crippen LogP contribution < -0.4 is 22.3 Å². The fourth-order valence-electron chi connectivity index (χ4n) is 8.48. The Morgan fingerprint density at radius 3 is 1.20 bits per heavy atom. The minimum absolute atomic E-state index is 0.168. The van der Waals surface area contributed by atoms with E-state index in [9.17, 15) is 0 Å². The lowest BCUT2D eigenvalue weighted by Crippen LogP contribution is -2.23. The Bertz CT molecular complexity index is 2300. The predicted octanol–water partition coefficient (Wildman–Crippen LogP) is 12.1. The molecule has 8 bridgehead atoms. The van der Waals surface area contributed by atoms with E-state index >= 15 is 0 Å². The zero-order chi connectivity index (χ0) is 46.2. The topological polar surface area (TPSA) is 158 Å². The summed E-state index contributed by atoms with van der Waals surface area (Å²) in [7, 11) is 0. The van der Waals surface area contributed by atoms with E-state index in [1.54, 1.807) is 0 Å². The number of hydrogen-bond acceptors (Lipinski definition) is 6. The molecule has 0 fully saturated rings. The Labute approximate surface area is 392 Å². The molecule has 10 nitrogen and oxygen atoms in total. The summed E-state index contributed by atoms with van der Waals surface area (Å²) in [6.07, 6.45) is 28.6. The van der Waals surface area contributed by atoms with Crippen molar-refractivity contribution in [1.29, 1.82) is 0 Å². The van der Waals surface area contributed by atoms with Crippen LogP contribution in [0.2, 0.25) is 0 Å². The van der Waals surface area contributed by atoms with Gasteiger partial charge in [0.2, 0.25) is 0 Å². The fraction of sp³-hybridized carbons (Fsp3) is 0.462. The molecule has 0 unspecified atom stereocenters. The molecule has 0 aliphatic carbocycles. The molecule has 5 rings (SSSR count). The van der Waals surface area contributed by atoms with Gasteiger partial charge in [0, 0.05) is 51.2 Å². The number of hydrogen-bond donors (Lipinski definition) is 6. The normalized spacial score (nSPS) is 14.1. The molecule has 0 radical (unpaired) electrons. The SMILES string of the molecule is CC(C)=CCC[C@@H](C)Cc1c2nc(c(C[C@H](C)CC/C=N/NC(N)=S)c3ccc([nH]3)c(C[C@H](C)CCC=C(C)C)c3ccc([nH]3)c(C[C@H](C)CC/C=N/NC(N)=S)c3nc1C=C3)C=C2. The van der Waals surface area contributed by atoms with Gasteiger partial charge < -0.3 is 21.4 Å². The van der Waals surface area contributed by atoms with Crippen molar-refractivity contribution in [3.8, 4) is 0 Å². The van der Waals surface area contributed by atoms with Gasteiger partial charge in [0.1, 0.15) is 0 Å². The number of nitrogens with zero attached hydrogens (tertiary/aromatic N) is 4. The summed E-state index contributed by atoms with van der Waals surface area (Å²) in [5.41, 5.74) is 32.6. The first-order valence-electron chi connectivity index (χ1n) is 23.2. The maximum Gasteiger partial charge on any atom is 0.184 e. The summed E-state index contributed by atoms with van der Waals surface area (Å²) < 4.78 is 0. The minimum Gasteiger partial charge on any atom is -0.375 e. The molecule has 0 amide bonds. The van der Waals surface area contributed by atoms with E-state index < -0.39 is 0 Å². The van der Waals surface area contributed by atoms with Crippen LogP contribution in [0.4, 0.5) is 0 Å². The zero-order valence-electron chi connectivity index (χ0n) is 39.5. The van der Waals surface area contributed by atoms with Gasteiger partial charge in [-0.05, 0) is 207 Å². The number of H-pyrrole nitrogens is 2. The van der Waals surface area contributed by atoms with Crippen molar-refractivity contribution in [1.82, 2.24) is 30.8 Å². The monoisotopic (exact) mass is 901 g/mol. The largest absolute Gasteiger partial charge is 0.375 e. The van der Waals surface area contributed by atoms with E-state index in [4.69, 9.17) is 45.9 Å². The summed E-state index contributed by atoms with van der Waals surface area (Å²) in [6, 6.07) is 9.06. The third-order valence-corrected chi connectivity index (χ3v) is 12.1. The van der Waals surface area contributed by atoms with Gasteiger partial charge in [-0.2, -0.15) is 10.2 Å². The second kappa shape index (κ2) is 24.8. The molecule has 8 N–H and O–H groups in total. The van der Waals surface area contributed by atoms with Crippen molar-refractivity contribution >= 4 is 93.5 Å². The Morgan fingerprint density at radius 2 is 0.844 bits per heavy atom. The number of fused-ring (bicyclic) bond motifs is 8. The lowest BCUT2D eigenvalue weighted by atomic mass is 9.94. The first kappa shape index (κ1) is 49.8. The Hall–Kier alpha value is -5.20. The number of aromatic nitrogens is 4. The summed E-state index contributed by atoms with van der Waals surface area (Å²) in [6.45, 7) is 18.0. The molecule has 0 saturated heterocycles. The first-order chi connectivity index (χ1) is 30.7. The van der Waals surface area contributed by atoms with E-state index in [2.05, 4.69) is 147 Å². The molecule has 0 aromatic carbocycles. The molecule has 5 heterocycles. The number of hydrazone groups is 2. The lowest BCUT2D eigenvalue weighted by Gasteiger charge is -2.13. The second-order valence-electron chi connectivity index (χ2n) is 18.6. The maximum absolute atomic E-state index is 5.58. The Balaban J connectivity index is 1.73. The molecule has 3 aromatic heterocycles.